The highest BCUT2D eigenvalue weighted by Crippen LogP contribution is 2.30. The van der Waals surface area contributed by atoms with Crippen molar-refractivity contribution < 1.29 is 13.9 Å². The van der Waals surface area contributed by atoms with E-state index < -0.39 is 0 Å². The van der Waals surface area contributed by atoms with Crippen molar-refractivity contribution in [2.45, 2.75) is 6.61 Å². The van der Waals surface area contributed by atoms with Gasteiger partial charge in [0.2, 0.25) is 11.3 Å². The Morgan fingerprint density at radius 1 is 0.933 bits per heavy atom. The largest absolute Gasteiger partial charge is 0.497 e. The molecule has 5 nitrogen and oxygen atoms in total. The molecule has 0 bridgehead atoms. The highest BCUT2D eigenvalue weighted by molar-refractivity contribution is 6.42. The number of ether oxygens (including phenoxy) is 2. The summed E-state index contributed by atoms with van der Waals surface area (Å²) < 4.78 is 16.7. The number of hydrogen-bond acceptors (Lipinski definition) is 5. The standard InChI is InChI=1S/C23H17Cl2NO4/c1-28-15-5-3-14(4-6-15)21-22(27)17-8-7-16(11-20(17)30-23(21)26)29-12-13-2-9-18(24)19(25)10-13/h2-11H,12,26H2,1H3. The molecule has 0 radical (unpaired) electrons. The monoisotopic (exact) mass is 441 g/mol. The van der Waals surface area contributed by atoms with Crippen molar-refractivity contribution in [3.8, 4) is 22.6 Å². The molecular weight excluding hydrogens is 425 g/mol. The molecule has 0 aliphatic carbocycles. The molecule has 2 N–H and O–H groups in total. The SMILES string of the molecule is COc1ccc(-c2c(N)oc3cc(OCc4ccc(Cl)c(Cl)c4)ccc3c2=O)cc1. The van der Waals surface area contributed by atoms with Crippen molar-refractivity contribution in [3.63, 3.8) is 0 Å². The number of hydrogen-bond donors (Lipinski definition) is 1. The summed E-state index contributed by atoms with van der Waals surface area (Å²) in [7, 11) is 1.58. The van der Waals surface area contributed by atoms with Gasteiger partial charge in [-0.1, -0.05) is 41.4 Å². The predicted octanol–water partition coefficient (Wildman–Crippen LogP) is 5.94. The van der Waals surface area contributed by atoms with Crippen LogP contribution in [0, 0.1) is 0 Å². The minimum atomic E-state index is -0.213. The smallest absolute Gasteiger partial charge is 0.202 e. The molecule has 4 aromatic rings. The zero-order valence-corrected chi connectivity index (χ0v) is 17.5. The Kier molecular flexibility index (Phi) is 5.57. The van der Waals surface area contributed by atoms with E-state index in [2.05, 4.69) is 0 Å². The highest BCUT2D eigenvalue weighted by Gasteiger charge is 2.15. The number of methoxy groups -OCH3 is 1. The normalized spacial score (nSPS) is 10.9. The number of nitrogen functional groups attached to an aromatic ring is 1. The average molecular weight is 442 g/mol. The van der Waals surface area contributed by atoms with Gasteiger partial charge in [-0.2, -0.15) is 0 Å². The van der Waals surface area contributed by atoms with Crippen LogP contribution in [0.15, 0.2) is 69.9 Å². The highest BCUT2D eigenvalue weighted by atomic mass is 35.5. The summed E-state index contributed by atoms with van der Waals surface area (Å²) in [6, 6.07) is 17.4. The van der Waals surface area contributed by atoms with E-state index >= 15 is 0 Å². The predicted molar refractivity (Wildman–Crippen MR) is 120 cm³/mol. The van der Waals surface area contributed by atoms with Gasteiger partial charge in [-0.05, 0) is 47.5 Å². The van der Waals surface area contributed by atoms with Crippen LogP contribution < -0.4 is 20.6 Å². The molecule has 7 heteroatoms. The van der Waals surface area contributed by atoms with Crippen molar-refractivity contribution in [1.29, 1.82) is 0 Å². The van der Waals surface area contributed by atoms with E-state index in [1.165, 1.54) is 0 Å². The lowest BCUT2D eigenvalue weighted by Crippen LogP contribution is -2.09. The fourth-order valence-electron chi connectivity index (χ4n) is 3.11. The molecule has 0 fully saturated rings. The fraction of sp³-hybridized carbons (Fsp3) is 0.0870. The van der Waals surface area contributed by atoms with Crippen LogP contribution in [0.3, 0.4) is 0 Å². The first kappa shape index (κ1) is 20.1. The van der Waals surface area contributed by atoms with E-state index in [9.17, 15) is 4.79 Å². The summed E-state index contributed by atoms with van der Waals surface area (Å²) in [6.45, 7) is 0.284. The second-order valence-corrected chi connectivity index (χ2v) is 7.41. The Hall–Kier alpha value is -3.15. The van der Waals surface area contributed by atoms with Crippen molar-refractivity contribution >= 4 is 40.1 Å². The minimum Gasteiger partial charge on any atom is -0.497 e. The summed E-state index contributed by atoms with van der Waals surface area (Å²) >= 11 is 12.0. The minimum absolute atomic E-state index is 0.0410. The number of halogens is 2. The summed E-state index contributed by atoms with van der Waals surface area (Å²) in [4.78, 5) is 13.0. The molecule has 1 aromatic heterocycles. The first-order chi connectivity index (χ1) is 14.5. The third kappa shape index (κ3) is 3.95. The number of fused-ring (bicyclic) bond motifs is 1. The fourth-order valence-corrected chi connectivity index (χ4v) is 3.43. The summed E-state index contributed by atoms with van der Waals surface area (Å²) in [5, 5.41) is 1.36. The molecule has 0 aliphatic heterocycles. The number of rotatable bonds is 5. The van der Waals surface area contributed by atoms with Crippen LogP contribution in [-0.2, 0) is 6.61 Å². The van der Waals surface area contributed by atoms with E-state index in [0.717, 1.165) is 5.56 Å². The van der Waals surface area contributed by atoms with E-state index in [-0.39, 0.29) is 17.9 Å². The van der Waals surface area contributed by atoms with Crippen molar-refractivity contribution in [2.75, 3.05) is 12.8 Å². The van der Waals surface area contributed by atoms with Crippen LogP contribution in [0.1, 0.15) is 5.56 Å². The van der Waals surface area contributed by atoms with Crippen molar-refractivity contribution in [3.05, 3.63) is 86.5 Å². The molecule has 0 atom stereocenters. The Bertz CT molecular complexity index is 1280. The molecule has 3 aromatic carbocycles. The molecule has 1 heterocycles. The van der Waals surface area contributed by atoms with E-state index in [0.29, 0.717) is 43.6 Å². The molecule has 0 saturated heterocycles. The average Bonchev–Trinajstić information content (AvgIpc) is 2.75. The Morgan fingerprint density at radius 3 is 2.37 bits per heavy atom. The Labute approximate surface area is 182 Å². The summed E-state index contributed by atoms with van der Waals surface area (Å²) in [6.07, 6.45) is 0. The third-order valence-corrected chi connectivity index (χ3v) is 5.40. The Balaban J connectivity index is 1.65. The lowest BCUT2D eigenvalue weighted by molar-refractivity contribution is 0.306. The van der Waals surface area contributed by atoms with Gasteiger partial charge >= 0.3 is 0 Å². The van der Waals surface area contributed by atoms with Crippen molar-refractivity contribution in [1.82, 2.24) is 0 Å². The maximum absolute atomic E-state index is 13.0. The summed E-state index contributed by atoms with van der Waals surface area (Å²) in [5.74, 6) is 1.26. The van der Waals surface area contributed by atoms with Gasteiger partial charge in [0.05, 0.1) is 28.1 Å². The molecule has 4 rings (SSSR count). The second kappa shape index (κ2) is 8.30. The van der Waals surface area contributed by atoms with Crippen LogP contribution in [0.5, 0.6) is 11.5 Å². The quantitative estimate of drug-likeness (QED) is 0.414. The third-order valence-electron chi connectivity index (χ3n) is 4.66. The van der Waals surface area contributed by atoms with Crippen LogP contribution >= 0.6 is 23.2 Å². The van der Waals surface area contributed by atoms with Gasteiger partial charge in [0.25, 0.3) is 0 Å². The van der Waals surface area contributed by atoms with Crippen LogP contribution in [0.25, 0.3) is 22.1 Å². The first-order valence-corrected chi connectivity index (χ1v) is 9.79. The number of benzene rings is 3. The molecule has 0 unspecified atom stereocenters. The molecule has 0 saturated carbocycles. The second-order valence-electron chi connectivity index (χ2n) is 6.59. The maximum atomic E-state index is 13.0. The Morgan fingerprint density at radius 2 is 1.67 bits per heavy atom. The molecule has 0 spiro atoms. The molecule has 30 heavy (non-hydrogen) atoms. The van der Waals surface area contributed by atoms with Crippen LogP contribution in [-0.4, -0.2) is 7.11 Å². The van der Waals surface area contributed by atoms with Gasteiger partial charge in [-0.15, -0.1) is 0 Å². The van der Waals surface area contributed by atoms with Gasteiger partial charge < -0.3 is 19.6 Å². The van der Waals surface area contributed by atoms with E-state index in [4.69, 9.17) is 42.8 Å². The van der Waals surface area contributed by atoms with Crippen molar-refractivity contribution in [2.24, 2.45) is 0 Å². The van der Waals surface area contributed by atoms with E-state index in [1.54, 1.807) is 61.7 Å². The zero-order chi connectivity index (χ0) is 21.3. The number of anilines is 1. The molecule has 0 aliphatic rings. The lowest BCUT2D eigenvalue weighted by Gasteiger charge is -2.10. The zero-order valence-electron chi connectivity index (χ0n) is 15.9. The van der Waals surface area contributed by atoms with Gasteiger partial charge in [0.15, 0.2) is 0 Å². The topological polar surface area (TPSA) is 74.7 Å². The van der Waals surface area contributed by atoms with Gasteiger partial charge in [0, 0.05) is 6.07 Å². The van der Waals surface area contributed by atoms with Gasteiger partial charge in [-0.3, -0.25) is 4.79 Å². The molecule has 152 valence electrons. The lowest BCUT2D eigenvalue weighted by atomic mass is 10.0. The maximum Gasteiger partial charge on any atom is 0.202 e. The van der Waals surface area contributed by atoms with Gasteiger partial charge in [0.1, 0.15) is 23.7 Å². The van der Waals surface area contributed by atoms with Crippen LogP contribution in [0.2, 0.25) is 10.0 Å². The van der Waals surface area contributed by atoms with Gasteiger partial charge in [-0.25, -0.2) is 0 Å². The first-order valence-electron chi connectivity index (χ1n) is 9.04. The summed E-state index contributed by atoms with van der Waals surface area (Å²) in [5.41, 5.74) is 8.04. The van der Waals surface area contributed by atoms with E-state index in [1.807, 2.05) is 6.07 Å². The molecular formula is C23H17Cl2NO4. The number of nitrogens with two attached hydrogens (primary N) is 1. The molecule has 0 amide bonds. The van der Waals surface area contributed by atoms with Crippen LogP contribution in [0.4, 0.5) is 5.88 Å².